The number of pyridine rings is 1. The van der Waals surface area contributed by atoms with Crippen LogP contribution in [0.5, 0.6) is 0 Å². The molecule has 0 atom stereocenters. The van der Waals surface area contributed by atoms with Crippen molar-refractivity contribution in [3.05, 3.63) is 45.1 Å². The topological polar surface area (TPSA) is 60.7 Å². The number of nitrogens with one attached hydrogen (secondary N) is 2. The van der Waals surface area contributed by atoms with Crippen LogP contribution in [0, 0.1) is 32.1 Å². The molecule has 1 aromatic carbocycles. The van der Waals surface area contributed by atoms with Crippen molar-refractivity contribution in [2.24, 2.45) is 0 Å². The number of halogens is 1. The highest BCUT2D eigenvalue weighted by Gasteiger charge is 2.16. The Labute approximate surface area is 165 Å². The molecule has 0 aliphatic carbocycles. The molecule has 0 amide bonds. The monoisotopic (exact) mass is 414 g/mol. The van der Waals surface area contributed by atoms with Crippen molar-refractivity contribution in [2.45, 2.75) is 59.9 Å². The third-order valence-electron chi connectivity index (χ3n) is 4.59. The Kier molecular flexibility index (Phi) is 7.05. The third-order valence-corrected chi connectivity index (χ3v) is 5.05. The van der Waals surface area contributed by atoms with E-state index in [0.29, 0.717) is 12.5 Å². The molecule has 0 saturated carbocycles. The third kappa shape index (κ3) is 4.76. The largest absolute Gasteiger partial charge is 0.382 e. The second-order valence-electron chi connectivity index (χ2n) is 6.67. The van der Waals surface area contributed by atoms with Gasteiger partial charge in [-0.15, -0.1) is 0 Å². The maximum Gasteiger partial charge on any atom is 0.136 e. The Morgan fingerprint density at radius 2 is 1.73 bits per heavy atom. The summed E-state index contributed by atoms with van der Waals surface area (Å²) in [5.74, 6) is 0.758. The van der Waals surface area contributed by atoms with E-state index in [1.807, 2.05) is 13.0 Å². The normalized spacial score (nSPS) is 10.7. The summed E-state index contributed by atoms with van der Waals surface area (Å²) in [6.45, 7) is 10.5. The Hall–Kier alpha value is -2.06. The second kappa shape index (κ2) is 9.05. The van der Waals surface area contributed by atoms with Gasteiger partial charge in [-0.05, 0) is 62.9 Å². The summed E-state index contributed by atoms with van der Waals surface area (Å²) in [4.78, 5) is 4.70. The summed E-state index contributed by atoms with van der Waals surface area (Å²) in [7, 11) is 0. The summed E-state index contributed by atoms with van der Waals surface area (Å²) in [6, 6.07) is 8.88. The maximum atomic E-state index is 9.36. The molecule has 2 N–H and O–H groups in total. The fourth-order valence-electron chi connectivity index (χ4n) is 3.13. The standard InChI is InChI=1S/C21H27BrN4/c1-6-17(7-2)25-19-12-15(5)24-21(18(19)8-9-23)26-20-13(3)10-16(22)11-14(20)4/h10-12,17H,6-8H2,1-5H3,(H2,24,25,26). The molecule has 0 unspecified atom stereocenters. The molecule has 0 aliphatic rings. The van der Waals surface area contributed by atoms with Gasteiger partial charge >= 0.3 is 0 Å². The molecule has 1 heterocycles. The van der Waals surface area contributed by atoms with E-state index in [2.05, 4.69) is 72.5 Å². The van der Waals surface area contributed by atoms with Gasteiger partial charge in [-0.3, -0.25) is 0 Å². The zero-order valence-electron chi connectivity index (χ0n) is 16.2. The molecule has 0 aliphatic heterocycles. The molecule has 1 aromatic heterocycles. The molecule has 2 rings (SSSR count). The van der Waals surface area contributed by atoms with Crippen LogP contribution < -0.4 is 10.6 Å². The molecule has 0 radical (unpaired) electrons. The average molecular weight is 415 g/mol. The van der Waals surface area contributed by atoms with Gasteiger partial charge in [0.25, 0.3) is 0 Å². The first kappa shape index (κ1) is 20.3. The lowest BCUT2D eigenvalue weighted by Gasteiger charge is -2.22. The summed E-state index contributed by atoms with van der Waals surface area (Å²) < 4.78 is 1.06. The van der Waals surface area contributed by atoms with Crippen LogP contribution in [0.3, 0.4) is 0 Å². The molecule has 0 spiro atoms. The van der Waals surface area contributed by atoms with Crippen LogP contribution in [-0.4, -0.2) is 11.0 Å². The number of nitriles is 1. The van der Waals surface area contributed by atoms with Gasteiger partial charge in [0.15, 0.2) is 0 Å². The van der Waals surface area contributed by atoms with Gasteiger partial charge < -0.3 is 10.6 Å². The fraction of sp³-hybridized carbons (Fsp3) is 0.429. The number of benzene rings is 1. The SMILES string of the molecule is CCC(CC)Nc1cc(C)nc(Nc2c(C)cc(Br)cc2C)c1CC#N. The first-order chi connectivity index (χ1) is 12.4. The zero-order valence-corrected chi connectivity index (χ0v) is 17.8. The average Bonchev–Trinajstić information content (AvgIpc) is 2.58. The molecular weight excluding hydrogens is 388 g/mol. The van der Waals surface area contributed by atoms with Crippen LogP contribution in [0.4, 0.5) is 17.2 Å². The lowest BCUT2D eigenvalue weighted by Crippen LogP contribution is -2.19. The van der Waals surface area contributed by atoms with Gasteiger partial charge in [0.1, 0.15) is 5.82 Å². The highest BCUT2D eigenvalue weighted by Crippen LogP contribution is 2.32. The number of hydrogen-bond acceptors (Lipinski definition) is 4. The van der Waals surface area contributed by atoms with E-state index in [-0.39, 0.29) is 0 Å². The minimum Gasteiger partial charge on any atom is -0.382 e. The van der Waals surface area contributed by atoms with Crippen molar-refractivity contribution in [3.8, 4) is 6.07 Å². The Balaban J connectivity index is 2.51. The van der Waals surface area contributed by atoms with E-state index in [0.717, 1.165) is 56.9 Å². The van der Waals surface area contributed by atoms with Crippen LogP contribution in [0.2, 0.25) is 0 Å². The van der Waals surface area contributed by atoms with E-state index in [1.54, 1.807) is 0 Å². The smallest absolute Gasteiger partial charge is 0.136 e. The molecule has 4 nitrogen and oxygen atoms in total. The van der Waals surface area contributed by atoms with Gasteiger partial charge in [0, 0.05) is 33.1 Å². The maximum absolute atomic E-state index is 9.36. The summed E-state index contributed by atoms with van der Waals surface area (Å²) in [5, 5.41) is 16.4. The zero-order chi connectivity index (χ0) is 19.3. The van der Waals surface area contributed by atoms with Gasteiger partial charge in [0.05, 0.1) is 12.5 Å². The van der Waals surface area contributed by atoms with Crippen molar-refractivity contribution in [3.63, 3.8) is 0 Å². The molecule has 26 heavy (non-hydrogen) atoms. The van der Waals surface area contributed by atoms with Crippen molar-refractivity contribution < 1.29 is 0 Å². The Morgan fingerprint density at radius 3 is 2.27 bits per heavy atom. The lowest BCUT2D eigenvalue weighted by atomic mass is 10.1. The summed E-state index contributed by atoms with van der Waals surface area (Å²) >= 11 is 3.54. The predicted octanol–water partition coefficient (Wildman–Crippen LogP) is 6.18. The van der Waals surface area contributed by atoms with E-state index >= 15 is 0 Å². The van der Waals surface area contributed by atoms with Crippen LogP contribution in [0.1, 0.15) is 49.1 Å². The van der Waals surface area contributed by atoms with Gasteiger partial charge in [-0.25, -0.2) is 4.98 Å². The number of aryl methyl sites for hydroxylation is 3. The quantitative estimate of drug-likeness (QED) is 0.567. The van der Waals surface area contributed by atoms with E-state index in [4.69, 9.17) is 4.98 Å². The second-order valence-corrected chi connectivity index (χ2v) is 7.59. The van der Waals surface area contributed by atoms with Crippen molar-refractivity contribution in [2.75, 3.05) is 10.6 Å². The first-order valence-corrected chi connectivity index (χ1v) is 9.86. The molecule has 0 saturated heterocycles. The van der Waals surface area contributed by atoms with Crippen LogP contribution >= 0.6 is 15.9 Å². The highest BCUT2D eigenvalue weighted by atomic mass is 79.9. The van der Waals surface area contributed by atoms with E-state index in [1.165, 1.54) is 0 Å². The Bertz CT molecular complexity index is 796. The molecule has 0 fully saturated rings. The van der Waals surface area contributed by atoms with Crippen LogP contribution in [0.25, 0.3) is 0 Å². The number of nitrogens with zero attached hydrogens (tertiary/aromatic N) is 2. The van der Waals surface area contributed by atoms with Crippen molar-refractivity contribution in [1.29, 1.82) is 5.26 Å². The molecule has 2 aromatic rings. The number of aromatic nitrogens is 1. The summed E-state index contributed by atoms with van der Waals surface area (Å²) in [6.07, 6.45) is 2.39. The first-order valence-electron chi connectivity index (χ1n) is 9.07. The molecule has 0 bridgehead atoms. The lowest BCUT2D eigenvalue weighted by molar-refractivity contribution is 0.670. The van der Waals surface area contributed by atoms with Crippen molar-refractivity contribution >= 4 is 33.1 Å². The van der Waals surface area contributed by atoms with Crippen LogP contribution in [0.15, 0.2) is 22.7 Å². The van der Waals surface area contributed by atoms with Gasteiger partial charge in [-0.2, -0.15) is 5.26 Å². The minimum atomic E-state index is 0.312. The molecule has 5 heteroatoms. The number of hydrogen-bond donors (Lipinski definition) is 2. The summed E-state index contributed by atoms with van der Waals surface area (Å²) in [5.41, 5.74) is 6.17. The van der Waals surface area contributed by atoms with Crippen LogP contribution in [-0.2, 0) is 6.42 Å². The van der Waals surface area contributed by atoms with Crippen molar-refractivity contribution in [1.82, 2.24) is 4.98 Å². The fourth-order valence-corrected chi connectivity index (χ4v) is 3.82. The molecular formula is C21H27BrN4. The van der Waals surface area contributed by atoms with Gasteiger partial charge in [-0.1, -0.05) is 29.8 Å². The van der Waals surface area contributed by atoms with E-state index < -0.39 is 0 Å². The predicted molar refractivity (Wildman–Crippen MR) is 113 cm³/mol. The van der Waals surface area contributed by atoms with E-state index in [9.17, 15) is 5.26 Å². The number of rotatable bonds is 7. The minimum absolute atomic E-state index is 0.312. The number of anilines is 3. The Morgan fingerprint density at radius 1 is 1.12 bits per heavy atom. The highest BCUT2D eigenvalue weighted by molar-refractivity contribution is 9.10. The molecule has 138 valence electrons. The van der Waals surface area contributed by atoms with Gasteiger partial charge in [0.2, 0.25) is 0 Å².